The van der Waals surface area contributed by atoms with Crippen LogP contribution >= 0.6 is 0 Å². The molecule has 5 nitrogen and oxygen atoms in total. The van der Waals surface area contributed by atoms with E-state index in [0.717, 1.165) is 19.4 Å². The minimum atomic E-state index is -0.0141. The van der Waals surface area contributed by atoms with Crippen LogP contribution < -0.4 is 4.57 Å². The van der Waals surface area contributed by atoms with Crippen molar-refractivity contribution in [3.05, 3.63) is 18.7 Å². The predicted octanol–water partition coefficient (Wildman–Crippen LogP) is 0.782. The molecule has 0 aliphatic carbocycles. The number of aryl methyl sites for hydroxylation is 1. The molecule has 1 fully saturated rings. The molecule has 1 aromatic rings. The van der Waals surface area contributed by atoms with Gasteiger partial charge in [0.25, 0.3) is 6.33 Å². The van der Waals surface area contributed by atoms with Crippen molar-refractivity contribution in [1.29, 1.82) is 0 Å². The van der Waals surface area contributed by atoms with Crippen molar-refractivity contribution in [2.75, 3.05) is 20.2 Å². The molecule has 0 N–H and O–H groups in total. The average molecular weight is 238 g/mol. The van der Waals surface area contributed by atoms with E-state index in [1.165, 1.54) is 6.42 Å². The minimum absolute atomic E-state index is 0.0141. The van der Waals surface area contributed by atoms with Crippen LogP contribution in [0.2, 0.25) is 0 Å². The highest BCUT2D eigenvalue weighted by atomic mass is 16.5. The molecule has 0 radical (unpaired) electrons. The summed E-state index contributed by atoms with van der Waals surface area (Å²) in [5.74, 6) is 0. The van der Waals surface area contributed by atoms with Gasteiger partial charge in [-0.3, -0.25) is 0 Å². The van der Waals surface area contributed by atoms with E-state index in [0.29, 0.717) is 6.54 Å². The summed E-state index contributed by atoms with van der Waals surface area (Å²) in [6.07, 6.45) is 8.97. The van der Waals surface area contributed by atoms with Crippen molar-refractivity contribution in [2.24, 2.45) is 7.05 Å². The van der Waals surface area contributed by atoms with Crippen molar-refractivity contribution in [1.82, 2.24) is 9.47 Å². The summed E-state index contributed by atoms with van der Waals surface area (Å²) in [7, 11) is 3.72. The van der Waals surface area contributed by atoms with E-state index in [4.69, 9.17) is 4.74 Å². The van der Waals surface area contributed by atoms with E-state index in [-0.39, 0.29) is 12.1 Å². The second-order valence-corrected chi connectivity index (χ2v) is 4.64. The van der Waals surface area contributed by atoms with Crippen molar-refractivity contribution in [3.8, 4) is 0 Å². The molecule has 1 amide bonds. The maximum absolute atomic E-state index is 12.1. The molecule has 2 heterocycles. The number of nitrogens with zero attached hydrogens (tertiary/aromatic N) is 3. The molecule has 1 saturated heterocycles. The van der Waals surface area contributed by atoms with Crippen molar-refractivity contribution in [2.45, 2.75) is 25.4 Å². The molecule has 1 unspecified atom stereocenters. The Morgan fingerprint density at radius 3 is 3.00 bits per heavy atom. The number of hydrogen-bond donors (Lipinski definition) is 0. The number of carbonyl (C=O) groups is 1. The molecule has 0 saturated carbocycles. The van der Waals surface area contributed by atoms with E-state index in [1.807, 2.05) is 24.9 Å². The van der Waals surface area contributed by atoms with Gasteiger partial charge in [-0.05, 0) is 19.3 Å². The SMILES string of the molecule is CN(CC1CCCCO1)C(=O)n1cc[n+](C)c1. The van der Waals surface area contributed by atoms with Gasteiger partial charge in [-0.2, -0.15) is 4.57 Å². The number of carbonyl (C=O) groups excluding carboxylic acids is 1. The van der Waals surface area contributed by atoms with Gasteiger partial charge in [-0.15, -0.1) is 0 Å². The van der Waals surface area contributed by atoms with Gasteiger partial charge in [0.15, 0.2) is 0 Å². The van der Waals surface area contributed by atoms with E-state index in [9.17, 15) is 4.79 Å². The first-order valence-corrected chi connectivity index (χ1v) is 6.07. The summed E-state index contributed by atoms with van der Waals surface area (Å²) >= 11 is 0. The lowest BCUT2D eigenvalue weighted by atomic mass is 10.1. The molecule has 1 aromatic heterocycles. The highest BCUT2D eigenvalue weighted by Gasteiger charge is 2.22. The summed E-state index contributed by atoms with van der Waals surface area (Å²) in [4.78, 5) is 13.8. The van der Waals surface area contributed by atoms with Gasteiger partial charge in [0.05, 0.1) is 19.7 Å². The quantitative estimate of drug-likeness (QED) is 0.714. The molecular weight excluding hydrogens is 218 g/mol. The normalized spacial score (nSPS) is 20.2. The molecule has 2 rings (SSSR count). The van der Waals surface area contributed by atoms with Crippen LogP contribution in [0, 0.1) is 0 Å². The number of likely N-dealkylation sites (N-methyl/N-ethyl adjacent to an activating group) is 1. The first-order valence-electron chi connectivity index (χ1n) is 6.07. The second kappa shape index (κ2) is 5.31. The summed E-state index contributed by atoms with van der Waals surface area (Å²) in [6.45, 7) is 1.49. The highest BCUT2D eigenvalue weighted by Crippen LogP contribution is 2.13. The summed E-state index contributed by atoms with van der Waals surface area (Å²) in [5.41, 5.74) is 0. The fraction of sp³-hybridized carbons (Fsp3) is 0.667. The van der Waals surface area contributed by atoms with Crippen LogP contribution in [0.4, 0.5) is 4.79 Å². The lowest BCUT2D eigenvalue weighted by Gasteiger charge is -2.26. The Morgan fingerprint density at radius 1 is 1.59 bits per heavy atom. The highest BCUT2D eigenvalue weighted by molar-refractivity contribution is 5.76. The number of imidazole rings is 1. The van der Waals surface area contributed by atoms with Gasteiger partial charge in [-0.25, -0.2) is 9.36 Å². The zero-order valence-electron chi connectivity index (χ0n) is 10.5. The second-order valence-electron chi connectivity index (χ2n) is 4.64. The summed E-state index contributed by atoms with van der Waals surface area (Å²) in [6, 6.07) is -0.0141. The van der Waals surface area contributed by atoms with Gasteiger partial charge in [0.1, 0.15) is 12.4 Å². The van der Waals surface area contributed by atoms with Crippen LogP contribution in [0.3, 0.4) is 0 Å². The monoisotopic (exact) mass is 238 g/mol. The number of hydrogen-bond acceptors (Lipinski definition) is 2. The van der Waals surface area contributed by atoms with Crippen molar-refractivity contribution >= 4 is 6.03 Å². The van der Waals surface area contributed by atoms with Crippen molar-refractivity contribution < 1.29 is 14.1 Å². The zero-order chi connectivity index (χ0) is 12.3. The lowest BCUT2D eigenvalue weighted by Crippen LogP contribution is -2.39. The predicted molar refractivity (Wildman–Crippen MR) is 62.6 cm³/mol. The van der Waals surface area contributed by atoms with Gasteiger partial charge in [0, 0.05) is 13.7 Å². The molecule has 1 aliphatic heterocycles. The molecule has 1 atom stereocenters. The van der Waals surface area contributed by atoms with E-state index >= 15 is 0 Å². The van der Waals surface area contributed by atoms with Crippen LogP contribution in [0.5, 0.6) is 0 Å². The minimum Gasteiger partial charge on any atom is -0.376 e. The number of rotatable bonds is 2. The molecule has 5 heteroatoms. The molecule has 94 valence electrons. The molecule has 0 aromatic carbocycles. The molecule has 1 aliphatic rings. The fourth-order valence-corrected chi connectivity index (χ4v) is 2.10. The van der Waals surface area contributed by atoms with Gasteiger partial charge >= 0.3 is 6.03 Å². The van der Waals surface area contributed by atoms with Crippen LogP contribution in [-0.4, -0.2) is 41.8 Å². The number of aromatic nitrogens is 2. The first-order chi connectivity index (χ1) is 8.16. The number of amides is 1. The third-order valence-corrected chi connectivity index (χ3v) is 3.07. The van der Waals surface area contributed by atoms with Crippen LogP contribution in [0.1, 0.15) is 19.3 Å². The van der Waals surface area contributed by atoms with E-state index in [1.54, 1.807) is 22.0 Å². The van der Waals surface area contributed by atoms with E-state index < -0.39 is 0 Å². The smallest absolute Gasteiger partial charge is 0.376 e. The van der Waals surface area contributed by atoms with Crippen LogP contribution in [-0.2, 0) is 11.8 Å². The molecular formula is C12H20N3O2+. The molecule has 0 bridgehead atoms. The van der Waals surface area contributed by atoms with Gasteiger partial charge < -0.3 is 9.64 Å². The summed E-state index contributed by atoms with van der Waals surface area (Å²) < 4.78 is 9.07. The Kier molecular flexibility index (Phi) is 3.78. The lowest BCUT2D eigenvalue weighted by molar-refractivity contribution is -0.670. The molecule has 0 spiro atoms. The van der Waals surface area contributed by atoms with Crippen LogP contribution in [0.25, 0.3) is 0 Å². The van der Waals surface area contributed by atoms with E-state index in [2.05, 4.69) is 0 Å². The Hall–Kier alpha value is -1.36. The third kappa shape index (κ3) is 3.06. The first kappa shape index (κ1) is 12.1. The molecule has 17 heavy (non-hydrogen) atoms. The largest absolute Gasteiger partial charge is 0.415 e. The third-order valence-electron chi connectivity index (χ3n) is 3.07. The van der Waals surface area contributed by atoms with Gasteiger partial charge in [-0.1, -0.05) is 0 Å². The maximum Gasteiger partial charge on any atom is 0.415 e. The Balaban J connectivity index is 1.90. The topological polar surface area (TPSA) is 38.4 Å². The Morgan fingerprint density at radius 2 is 2.41 bits per heavy atom. The standard InChI is InChI=1S/C12H20N3O2/c1-13-6-7-15(10-13)12(16)14(2)9-11-5-3-4-8-17-11/h6-7,10-11H,3-5,8-9H2,1-2H3/q+1. The summed E-state index contributed by atoms with van der Waals surface area (Å²) in [5, 5.41) is 0. The fourth-order valence-electron chi connectivity index (χ4n) is 2.10. The zero-order valence-corrected chi connectivity index (χ0v) is 10.5. The maximum atomic E-state index is 12.1. The van der Waals surface area contributed by atoms with Gasteiger partial charge in [0.2, 0.25) is 0 Å². The average Bonchev–Trinajstić information content (AvgIpc) is 2.76. The Labute approximate surface area is 102 Å². The van der Waals surface area contributed by atoms with Crippen molar-refractivity contribution in [3.63, 3.8) is 0 Å². The number of ether oxygens (including phenoxy) is 1. The Bertz CT molecular complexity index is 383. The van der Waals surface area contributed by atoms with Crippen LogP contribution in [0.15, 0.2) is 18.7 Å².